The number of benzene rings is 1. The van der Waals surface area contributed by atoms with Gasteiger partial charge in [-0.2, -0.15) is 0 Å². The highest BCUT2D eigenvalue weighted by Crippen LogP contribution is 2.39. The van der Waals surface area contributed by atoms with E-state index in [2.05, 4.69) is 0 Å². The zero-order chi connectivity index (χ0) is 15.6. The second-order valence-electron chi connectivity index (χ2n) is 5.44. The molecule has 0 amide bonds. The lowest BCUT2D eigenvalue weighted by Crippen LogP contribution is -2.27. The summed E-state index contributed by atoms with van der Waals surface area (Å²) in [5, 5.41) is 0. The van der Waals surface area contributed by atoms with Gasteiger partial charge in [-0.15, -0.1) is 0 Å². The van der Waals surface area contributed by atoms with E-state index < -0.39 is 5.97 Å². The summed E-state index contributed by atoms with van der Waals surface area (Å²) in [5.41, 5.74) is 1.04. The van der Waals surface area contributed by atoms with E-state index in [0.717, 1.165) is 5.56 Å². The molecule has 0 unspecified atom stereocenters. The van der Waals surface area contributed by atoms with Gasteiger partial charge in [0.15, 0.2) is 11.5 Å². The van der Waals surface area contributed by atoms with Gasteiger partial charge in [0.05, 0.1) is 7.11 Å². The van der Waals surface area contributed by atoms with Gasteiger partial charge in [-0.05, 0) is 39.8 Å². The maximum Gasteiger partial charge on any atom is 0.338 e. The van der Waals surface area contributed by atoms with Crippen LogP contribution >= 0.6 is 0 Å². The molecule has 0 aliphatic carbocycles. The minimum atomic E-state index is -0.392. The molecule has 4 heteroatoms. The van der Waals surface area contributed by atoms with Crippen LogP contribution in [0.2, 0.25) is 0 Å². The van der Waals surface area contributed by atoms with Crippen LogP contribution in [0.5, 0.6) is 17.2 Å². The lowest BCUT2D eigenvalue weighted by atomic mass is 10.0. The summed E-state index contributed by atoms with van der Waals surface area (Å²) in [6.07, 6.45) is 5.63. The third kappa shape index (κ3) is 3.27. The number of allylic oxidation sites excluding steroid dienone is 1. The highest BCUT2D eigenvalue weighted by Gasteiger charge is 2.24. The number of methoxy groups -OCH3 is 1. The normalized spacial score (nSPS) is 16.0. The molecular weight excluding hydrogens is 268 g/mol. The van der Waals surface area contributed by atoms with E-state index in [0.29, 0.717) is 22.8 Å². The Morgan fingerprint density at radius 3 is 2.62 bits per heavy atom. The van der Waals surface area contributed by atoms with Gasteiger partial charge in [-0.25, -0.2) is 4.79 Å². The SMILES string of the molecule is C/C=C(/C)C(=O)Oc1cc2c(cc1OC)OC(C)(C)C=C2. The summed E-state index contributed by atoms with van der Waals surface area (Å²) in [6, 6.07) is 3.49. The van der Waals surface area contributed by atoms with Gasteiger partial charge in [0.1, 0.15) is 11.4 Å². The lowest BCUT2D eigenvalue weighted by molar-refractivity contribution is -0.130. The Morgan fingerprint density at radius 2 is 2.00 bits per heavy atom. The Labute approximate surface area is 125 Å². The minimum Gasteiger partial charge on any atom is -0.493 e. The van der Waals surface area contributed by atoms with E-state index in [9.17, 15) is 4.79 Å². The molecule has 0 N–H and O–H groups in total. The smallest absolute Gasteiger partial charge is 0.338 e. The van der Waals surface area contributed by atoms with Gasteiger partial charge < -0.3 is 14.2 Å². The van der Waals surface area contributed by atoms with Crippen molar-refractivity contribution in [1.29, 1.82) is 0 Å². The monoisotopic (exact) mass is 288 g/mol. The van der Waals surface area contributed by atoms with Crippen LogP contribution < -0.4 is 14.2 Å². The van der Waals surface area contributed by atoms with Crippen molar-refractivity contribution in [2.45, 2.75) is 33.3 Å². The van der Waals surface area contributed by atoms with E-state index in [1.807, 2.05) is 26.0 Å². The Hall–Kier alpha value is -2.23. The zero-order valence-corrected chi connectivity index (χ0v) is 13.0. The Kier molecular flexibility index (Phi) is 4.07. The van der Waals surface area contributed by atoms with Crippen LogP contribution in [0.15, 0.2) is 29.9 Å². The highest BCUT2D eigenvalue weighted by atomic mass is 16.6. The average Bonchev–Trinajstić information content (AvgIpc) is 2.45. The van der Waals surface area contributed by atoms with Crippen LogP contribution in [-0.4, -0.2) is 18.7 Å². The summed E-state index contributed by atoms with van der Waals surface area (Å²) in [4.78, 5) is 11.9. The average molecular weight is 288 g/mol. The first-order valence-electron chi connectivity index (χ1n) is 6.81. The number of hydrogen-bond donors (Lipinski definition) is 0. The maximum atomic E-state index is 11.9. The molecule has 1 aliphatic heterocycles. The maximum absolute atomic E-state index is 11.9. The molecule has 21 heavy (non-hydrogen) atoms. The number of fused-ring (bicyclic) bond motifs is 1. The van der Waals surface area contributed by atoms with Crippen molar-refractivity contribution in [3.8, 4) is 17.2 Å². The number of carbonyl (C=O) groups excluding carboxylic acids is 1. The van der Waals surface area contributed by atoms with Gasteiger partial charge in [-0.3, -0.25) is 0 Å². The second kappa shape index (κ2) is 5.64. The van der Waals surface area contributed by atoms with Crippen LogP contribution in [0.3, 0.4) is 0 Å². The first-order valence-corrected chi connectivity index (χ1v) is 6.81. The molecule has 2 rings (SSSR count). The van der Waals surface area contributed by atoms with E-state index in [1.54, 1.807) is 32.1 Å². The number of rotatable bonds is 3. The molecule has 0 radical (unpaired) electrons. The molecule has 1 aliphatic rings. The summed E-state index contributed by atoms with van der Waals surface area (Å²) < 4.78 is 16.6. The van der Waals surface area contributed by atoms with Crippen molar-refractivity contribution in [3.63, 3.8) is 0 Å². The number of hydrogen-bond acceptors (Lipinski definition) is 4. The van der Waals surface area contributed by atoms with Crippen LogP contribution in [0, 0.1) is 0 Å². The van der Waals surface area contributed by atoms with Crippen LogP contribution in [0.25, 0.3) is 6.08 Å². The fraction of sp³-hybridized carbons (Fsp3) is 0.353. The topological polar surface area (TPSA) is 44.8 Å². The predicted molar refractivity (Wildman–Crippen MR) is 81.8 cm³/mol. The molecule has 0 saturated carbocycles. The highest BCUT2D eigenvalue weighted by molar-refractivity contribution is 5.90. The first kappa shape index (κ1) is 15.2. The second-order valence-corrected chi connectivity index (χ2v) is 5.44. The van der Waals surface area contributed by atoms with Crippen LogP contribution in [0.4, 0.5) is 0 Å². The van der Waals surface area contributed by atoms with Crippen molar-refractivity contribution in [3.05, 3.63) is 35.4 Å². The largest absolute Gasteiger partial charge is 0.493 e. The summed E-state index contributed by atoms with van der Waals surface area (Å²) in [5.74, 6) is 1.17. The standard InChI is InChI=1S/C17H20O4/c1-6-11(2)16(18)20-15-9-12-7-8-17(3,4)21-13(12)10-14(15)19-5/h6-10H,1-5H3/b11-6-. The minimum absolute atomic E-state index is 0.363. The zero-order valence-electron chi connectivity index (χ0n) is 13.0. The fourth-order valence-electron chi connectivity index (χ4n) is 1.92. The van der Waals surface area contributed by atoms with E-state index in [4.69, 9.17) is 14.2 Å². The third-order valence-corrected chi connectivity index (χ3v) is 3.29. The molecule has 0 aromatic heterocycles. The molecule has 0 atom stereocenters. The van der Waals surface area contributed by atoms with E-state index in [-0.39, 0.29) is 5.60 Å². The molecule has 4 nitrogen and oxygen atoms in total. The van der Waals surface area contributed by atoms with Crippen molar-refractivity contribution >= 4 is 12.0 Å². The van der Waals surface area contributed by atoms with Gasteiger partial charge in [-0.1, -0.05) is 12.2 Å². The van der Waals surface area contributed by atoms with Crippen molar-refractivity contribution in [2.75, 3.05) is 7.11 Å². The third-order valence-electron chi connectivity index (χ3n) is 3.29. The summed E-state index contributed by atoms with van der Waals surface area (Å²) in [7, 11) is 1.53. The van der Waals surface area contributed by atoms with Gasteiger partial charge in [0.2, 0.25) is 0 Å². The van der Waals surface area contributed by atoms with Crippen molar-refractivity contribution in [2.24, 2.45) is 0 Å². The Bertz CT molecular complexity index is 624. The lowest BCUT2D eigenvalue weighted by Gasteiger charge is -2.28. The van der Waals surface area contributed by atoms with Gasteiger partial charge in [0, 0.05) is 17.2 Å². The van der Waals surface area contributed by atoms with Gasteiger partial charge in [0.25, 0.3) is 0 Å². The number of esters is 1. The van der Waals surface area contributed by atoms with E-state index >= 15 is 0 Å². The van der Waals surface area contributed by atoms with Crippen molar-refractivity contribution in [1.82, 2.24) is 0 Å². The fourth-order valence-corrected chi connectivity index (χ4v) is 1.92. The summed E-state index contributed by atoms with van der Waals surface area (Å²) in [6.45, 7) is 7.45. The number of carbonyl (C=O) groups is 1. The van der Waals surface area contributed by atoms with Crippen LogP contribution in [0.1, 0.15) is 33.3 Å². The molecule has 0 spiro atoms. The molecule has 0 saturated heterocycles. The molecular formula is C17H20O4. The molecule has 1 aromatic carbocycles. The van der Waals surface area contributed by atoms with E-state index in [1.165, 1.54) is 7.11 Å². The molecule has 0 fully saturated rings. The number of ether oxygens (including phenoxy) is 3. The first-order chi connectivity index (χ1) is 9.86. The molecule has 1 aromatic rings. The predicted octanol–water partition coefficient (Wildman–Crippen LogP) is 3.75. The summed E-state index contributed by atoms with van der Waals surface area (Å²) >= 11 is 0. The Balaban J connectivity index is 2.38. The molecule has 0 bridgehead atoms. The quantitative estimate of drug-likeness (QED) is 0.483. The van der Waals surface area contributed by atoms with Crippen LogP contribution in [-0.2, 0) is 4.79 Å². The molecule has 1 heterocycles. The molecule has 112 valence electrons. The van der Waals surface area contributed by atoms with Crippen molar-refractivity contribution < 1.29 is 19.0 Å². The Morgan fingerprint density at radius 1 is 1.29 bits per heavy atom. The van der Waals surface area contributed by atoms with Gasteiger partial charge >= 0.3 is 5.97 Å².